The second-order valence-electron chi connectivity index (χ2n) is 5.44. The monoisotopic (exact) mass is 384 g/mol. The van der Waals surface area contributed by atoms with Gasteiger partial charge in [-0.1, -0.05) is 11.6 Å². The van der Waals surface area contributed by atoms with Gasteiger partial charge in [-0.15, -0.1) is 0 Å². The molecule has 2 N–H and O–H groups in total. The van der Waals surface area contributed by atoms with E-state index in [4.69, 9.17) is 21.1 Å². The number of rotatable bonds is 6. The topological polar surface area (TPSA) is 85.4 Å². The first-order valence-corrected chi connectivity index (χ1v) is 8.35. The molecule has 0 aliphatic carbocycles. The number of carbonyl (C=O) groups is 1. The zero-order valence-electron chi connectivity index (χ0n) is 14.7. The molecule has 138 valence electrons. The molecule has 3 rings (SSSR count). The Hall–Kier alpha value is -3.32. The molecule has 2 aromatic carbocycles. The number of benzene rings is 2. The fraction of sp³-hybridized carbons (Fsp3) is 0.105. The predicted octanol–water partition coefficient (Wildman–Crippen LogP) is 4.14. The van der Waals surface area contributed by atoms with E-state index >= 15 is 0 Å². The minimum Gasteiger partial charge on any atom is -0.497 e. The van der Waals surface area contributed by atoms with E-state index in [9.17, 15) is 4.79 Å². The van der Waals surface area contributed by atoms with E-state index in [1.807, 2.05) is 0 Å². The van der Waals surface area contributed by atoms with Crippen LogP contribution in [0.1, 0.15) is 10.5 Å². The lowest BCUT2D eigenvalue weighted by atomic mass is 10.3. The van der Waals surface area contributed by atoms with E-state index < -0.39 is 0 Å². The van der Waals surface area contributed by atoms with Crippen LogP contribution in [-0.4, -0.2) is 30.1 Å². The fourth-order valence-corrected chi connectivity index (χ4v) is 2.53. The van der Waals surface area contributed by atoms with Crippen LogP contribution in [0.25, 0.3) is 0 Å². The molecule has 1 amide bonds. The van der Waals surface area contributed by atoms with Gasteiger partial charge in [-0.3, -0.25) is 4.79 Å². The normalized spacial score (nSPS) is 10.2. The Labute approximate surface area is 161 Å². The Balaban J connectivity index is 1.65. The van der Waals surface area contributed by atoms with Gasteiger partial charge in [0.05, 0.1) is 31.6 Å². The average Bonchev–Trinajstić information content (AvgIpc) is 2.69. The number of aromatic nitrogens is 2. The minimum absolute atomic E-state index is 0.198. The Kier molecular flexibility index (Phi) is 5.73. The van der Waals surface area contributed by atoms with Crippen molar-refractivity contribution in [3.8, 4) is 11.5 Å². The highest BCUT2D eigenvalue weighted by Crippen LogP contribution is 2.28. The van der Waals surface area contributed by atoms with Crippen LogP contribution in [0.2, 0.25) is 5.02 Å². The maximum atomic E-state index is 12.3. The molecule has 0 saturated heterocycles. The van der Waals surface area contributed by atoms with Crippen molar-refractivity contribution in [2.24, 2.45) is 0 Å². The summed E-state index contributed by atoms with van der Waals surface area (Å²) in [5.74, 6) is 1.42. The number of hydrogen-bond donors (Lipinski definition) is 2. The number of amides is 1. The molecule has 7 nitrogen and oxygen atoms in total. The molecule has 0 saturated carbocycles. The molecule has 0 fully saturated rings. The summed E-state index contributed by atoms with van der Waals surface area (Å²) in [6.45, 7) is 0. The number of ether oxygens (including phenoxy) is 2. The van der Waals surface area contributed by atoms with E-state index in [1.165, 1.54) is 12.4 Å². The lowest BCUT2D eigenvalue weighted by molar-refractivity contribution is 0.102. The van der Waals surface area contributed by atoms with E-state index in [0.29, 0.717) is 28.0 Å². The van der Waals surface area contributed by atoms with Crippen LogP contribution in [0.4, 0.5) is 17.2 Å². The van der Waals surface area contributed by atoms with Gasteiger partial charge in [-0.25, -0.2) is 9.97 Å². The summed E-state index contributed by atoms with van der Waals surface area (Å²) in [6.07, 6.45) is 2.87. The molecule has 8 heteroatoms. The molecule has 1 heterocycles. The minimum atomic E-state index is -0.355. The number of halogens is 1. The lowest BCUT2D eigenvalue weighted by Crippen LogP contribution is -2.14. The molecular formula is C19H17ClN4O3. The van der Waals surface area contributed by atoms with Crippen molar-refractivity contribution in [2.75, 3.05) is 24.9 Å². The molecule has 0 spiro atoms. The predicted molar refractivity (Wildman–Crippen MR) is 104 cm³/mol. The van der Waals surface area contributed by atoms with Crippen molar-refractivity contribution in [3.63, 3.8) is 0 Å². The molecule has 0 unspecified atom stereocenters. The standard InChI is InChI=1S/C19H17ClN4O3/c1-26-14-6-3-12(4-7-14)24-19(25)16-10-22-18(11-21-16)23-13-5-8-17(27-2)15(20)9-13/h3-11H,1-2H3,(H,22,23)(H,24,25). The van der Waals surface area contributed by atoms with Gasteiger partial charge in [0.15, 0.2) is 0 Å². The number of methoxy groups -OCH3 is 2. The summed E-state index contributed by atoms with van der Waals surface area (Å²) < 4.78 is 10.2. The zero-order valence-corrected chi connectivity index (χ0v) is 15.4. The number of carbonyl (C=O) groups excluding carboxylic acids is 1. The molecule has 3 aromatic rings. The van der Waals surface area contributed by atoms with Gasteiger partial charge in [0.1, 0.15) is 23.0 Å². The maximum Gasteiger partial charge on any atom is 0.275 e. The van der Waals surface area contributed by atoms with E-state index in [-0.39, 0.29) is 11.6 Å². The Morgan fingerprint density at radius 3 is 2.30 bits per heavy atom. The summed E-state index contributed by atoms with van der Waals surface area (Å²) >= 11 is 6.10. The first-order chi connectivity index (χ1) is 13.1. The number of anilines is 3. The molecular weight excluding hydrogens is 368 g/mol. The molecule has 0 radical (unpaired) electrons. The van der Waals surface area contributed by atoms with Crippen molar-refractivity contribution >= 4 is 34.7 Å². The second kappa shape index (κ2) is 8.37. The van der Waals surface area contributed by atoms with Gasteiger partial charge in [0.25, 0.3) is 5.91 Å². The largest absolute Gasteiger partial charge is 0.497 e. The summed E-state index contributed by atoms with van der Waals surface area (Å²) in [7, 11) is 3.13. The lowest BCUT2D eigenvalue weighted by Gasteiger charge is -2.09. The first kappa shape index (κ1) is 18.5. The molecule has 27 heavy (non-hydrogen) atoms. The first-order valence-electron chi connectivity index (χ1n) is 7.97. The highest BCUT2D eigenvalue weighted by atomic mass is 35.5. The van der Waals surface area contributed by atoms with Gasteiger partial charge >= 0.3 is 0 Å². The van der Waals surface area contributed by atoms with Crippen molar-refractivity contribution in [1.82, 2.24) is 9.97 Å². The Morgan fingerprint density at radius 1 is 0.963 bits per heavy atom. The third-order valence-electron chi connectivity index (χ3n) is 3.66. The summed E-state index contributed by atoms with van der Waals surface area (Å²) in [5, 5.41) is 6.29. The van der Waals surface area contributed by atoms with Gasteiger partial charge in [-0.05, 0) is 42.5 Å². The van der Waals surface area contributed by atoms with Crippen LogP contribution in [0.3, 0.4) is 0 Å². The summed E-state index contributed by atoms with van der Waals surface area (Å²) in [4.78, 5) is 20.6. The number of hydrogen-bond acceptors (Lipinski definition) is 6. The highest BCUT2D eigenvalue weighted by Gasteiger charge is 2.09. The molecule has 0 bridgehead atoms. The zero-order chi connectivity index (χ0) is 19.2. The van der Waals surface area contributed by atoms with Crippen molar-refractivity contribution < 1.29 is 14.3 Å². The van der Waals surface area contributed by atoms with Crippen LogP contribution >= 0.6 is 11.6 Å². The Bertz CT molecular complexity index is 931. The SMILES string of the molecule is COc1ccc(NC(=O)c2cnc(Nc3ccc(OC)c(Cl)c3)cn2)cc1. The number of nitrogens with one attached hydrogen (secondary N) is 2. The van der Waals surface area contributed by atoms with Crippen LogP contribution in [0.15, 0.2) is 54.9 Å². The van der Waals surface area contributed by atoms with Crippen LogP contribution in [0.5, 0.6) is 11.5 Å². The fourth-order valence-electron chi connectivity index (χ4n) is 2.27. The van der Waals surface area contributed by atoms with Crippen LogP contribution in [-0.2, 0) is 0 Å². The third-order valence-corrected chi connectivity index (χ3v) is 3.95. The van der Waals surface area contributed by atoms with Crippen LogP contribution < -0.4 is 20.1 Å². The summed E-state index contributed by atoms with van der Waals surface area (Å²) in [5.41, 5.74) is 1.56. The van der Waals surface area contributed by atoms with E-state index in [1.54, 1.807) is 56.7 Å². The van der Waals surface area contributed by atoms with Gasteiger partial charge < -0.3 is 20.1 Å². The second-order valence-corrected chi connectivity index (χ2v) is 5.85. The quantitative estimate of drug-likeness (QED) is 0.664. The molecule has 0 aliphatic heterocycles. The van der Waals surface area contributed by atoms with Crippen molar-refractivity contribution in [2.45, 2.75) is 0 Å². The molecule has 0 aliphatic rings. The van der Waals surface area contributed by atoms with Crippen molar-refractivity contribution in [1.29, 1.82) is 0 Å². The van der Waals surface area contributed by atoms with Crippen LogP contribution in [0, 0.1) is 0 Å². The average molecular weight is 385 g/mol. The van der Waals surface area contributed by atoms with Gasteiger partial charge in [0, 0.05) is 11.4 Å². The Morgan fingerprint density at radius 2 is 1.70 bits per heavy atom. The highest BCUT2D eigenvalue weighted by molar-refractivity contribution is 6.32. The summed E-state index contributed by atoms with van der Waals surface area (Å²) in [6, 6.07) is 12.3. The smallest absolute Gasteiger partial charge is 0.275 e. The molecule has 0 atom stereocenters. The maximum absolute atomic E-state index is 12.3. The van der Waals surface area contributed by atoms with Crippen molar-refractivity contribution in [3.05, 3.63) is 65.6 Å². The number of nitrogens with zero attached hydrogens (tertiary/aromatic N) is 2. The molecule has 1 aromatic heterocycles. The van der Waals surface area contributed by atoms with Gasteiger partial charge in [-0.2, -0.15) is 0 Å². The van der Waals surface area contributed by atoms with Gasteiger partial charge in [0.2, 0.25) is 0 Å². The van der Waals surface area contributed by atoms with E-state index in [0.717, 1.165) is 5.69 Å². The van der Waals surface area contributed by atoms with E-state index in [2.05, 4.69) is 20.6 Å². The third kappa shape index (κ3) is 4.65.